The number of sulfonamides is 1. The van der Waals surface area contributed by atoms with Gasteiger partial charge in [-0.15, -0.1) is 0 Å². The van der Waals surface area contributed by atoms with Crippen molar-refractivity contribution in [3.8, 4) is 11.1 Å². The number of carbonyl (C=O) groups is 1. The van der Waals surface area contributed by atoms with Crippen LogP contribution in [0, 0.1) is 11.6 Å². The summed E-state index contributed by atoms with van der Waals surface area (Å²) in [7, 11) is -4.63. The number of fused-ring (bicyclic) bond motifs is 1. The molecule has 2 aromatic heterocycles. The average molecular weight is 498 g/mol. The number of anilines is 1. The first kappa shape index (κ1) is 14.8. The van der Waals surface area contributed by atoms with Gasteiger partial charge in [-0.2, -0.15) is 0 Å². The van der Waals surface area contributed by atoms with Crippen LogP contribution in [0.15, 0.2) is 54.7 Å². The van der Waals surface area contributed by atoms with Crippen molar-refractivity contribution in [3.63, 3.8) is 0 Å². The van der Waals surface area contributed by atoms with Gasteiger partial charge in [0.05, 0.1) is 23.9 Å². The van der Waals surface area contributed by atoms with Gasteiger partial charge in [0.1, 0.15) is 11.5 Å². The van der Waals surface area contributed by atoms with Crippen molar-refractivity contribution in [2.24, 2.45) is 0 Å². The summed E-state index contributed by atoms with van der Waals surface area (Å²) in [6.07, 6.45) is -2.00. The van der Waals surface area contributed by atoms with Gasteiger partial charge in [-0.25, -0.2) is 22.2 Å². The molecule has 0 aliphatic rings. The Balaban J connectivity index is 1.91. The number of aromatic nitrogens is 2. The van der Waals surface area contributed by atoms with Gasteiger partial charge >= 0.3 is 0 Å². The number of hydrogen-bond donors (Lipinski definition) is 2. The molecule has 0 saturated carbocycles. The average Bonchev–Trinajstić information content (AvgIpc) is 3.20. The molecule has 2 heterocycles. The SMILES string of the molecule is [2H]c1nc2[nH]c([2H])c(C(=O)c3c(F)c([2H])c([2H])c(NS(=O)(=O)CCC([2H])([2H])[2H])c3F)c2c([2H])c1-c1ccc(Cl)cc1. The largest absolute Gasteiger partial charge is 0.345 e. The highest BCUT2D eigenvalue weighted by Gasteiger charge is 2.26. The second-order valence-electron chi connectivity index (χ2n) is 6.71. The van der Waals surface area contributed by atoms with Crippen LogP contribution in [0.1, 0.15) is 40.2 Å². The van der Waals surface area contributed by atoms with Gasteiger partial charge in [0, 0.05) is 38.0 Å². The Morgan fingerprint density at radius 3 is 2.73 bits per heavy atom. The minimum atomic E-state index is -4.63. The number of nitrogens with zero attached hydrogens (tertiary/aromatic N) is 1. The molecule has 4 aromatic rings. The zero-order valence-corrected chi connectivity index (χ0v) is 18.0. The van der Waals surface area contributed by atoms with E-state index in [1.165, 1.54) is 24.3 Å². The third-order valence-corrected chi connectivity index (χ3v) is 6.00. The maximum Gasteiger partial charge on any atom is 0.232 e. The molecule has 0 aliphatic heterocycles. The predicted octanol–water partition coefficient (Wildman–Crippen LogP) is 5.54. The van der Waals surface area contributed by atoms with Crippen molar-refractivity contribution < 1.29 is 33.0 Å². The molecule has 0 amide bonds. The molecule has 0 radical (unpaired) electrons. The molecule has 0 bridgehead atoms. The Bertz CT molecular complexity index is 1830. The van der Waals surface area contributed by atoms with Gasteiger partial charge in [0.25, 0.3) is 0 Å². The molecule has 33 heavy (non-hydrogen) atoms. The number of rotatable bonds is 7. The highest BCUT2D eigenvalue weighted by molar-refractivity contribution is 7.92. The Morgan fingerprint density at radius 2 is 2.00 bits per heavy atom. The normalized spacial score (nSPS) is 15.5. The smallest absolute Gasteiger partial charge is 0.232 e. The van der Waals surface area contributed by atoms with Gasteiger partial charge in [-0.05, 0) is 42.2 Å². The van der Waals surface area contributed by atoms with Crippen LogP contribution in [0.5, 0.6) is 0 Å². The number of benzene rings is 2. The Labute approximate surface area is 204 Å². The van der Waals surface area contributed by atoms with Crippen molar-refractivity contribution in [2.45, 2.75) is 13.3 Å². The zero-order valence-electron chi connectivity index (χ0n) is 24.4. The number of carbonyl (C=O) groups excluding carboxylic acids is 1. The molecule has 0 spiro atoms. The van der Waals surface area contributed by atoms with E-state index in [0.717, 1.165) is 0 Å². The van der Waals surface area contributed by atoms with Crippen LogP contribution in [0.25, 0.3) is 22.2 Å². The van der Waals surface area contributed by atoms with Gasteiger partial charge < -0.3 is 4.98 Å². The van der Waals surface area contributed by atoms with Crippen LogP contribution in [0.3, 0.4) is 0 Å². The molecule has 0 saturated heterocycles. The highest BCUT2D eigenvalue weighted by atomic mass is 35.5. The van der Waals surface area contributed by atoms with Crippen LogP contribution in [0.4, 0.5) is 14.5 Å². The third-order valence-electron chi connectivity index (χ3n) is 4.49. The molecule has 0 fully saturated rings. The van der Waals surface area contributed by atoms with Gasteiger partial charge in [-0.3, -0.25) is 9.52 Å². The number of hydrogen-bond acceptors (Lipinski definition) is 4. The van der Waals surface area contributed by atoms with Crippen molar-refractivity contribution in [1.29, 1.82) is 0 Å². The lowest BCUT2D eigenvalue weighted by molar-refractivity contribution is 0.103. The second-order valence-corrected chi connectivity index (χ2v) is 8.99. The van der Waals surface area contributed by atoms with Crippen molar-refractivity contribution in [2.75, 3.05) is 10.5 Å². The van der Waals surface area contributed by atoms with Crippen LogP contribution in [-0.2, 0) is 10.0 Å². The molecule has 10 heteroatoms. The predicted molar refractivity (Wildman–Crippen MR) is 124 cm³/mol. The van der Waals surface area contributed by atoms with Crippen molar-refractivity contribution in [3.05, 3.63) is 82.5 Å². The van der Waals surface area contributed by atoms with E-state index in [-0.39, 0.29) is 16.6 Å². The number of pyridine rings is 1. The summed E-state index contributed by atoms with van der Waals surface area (Å²) in [5.41, 5.74) is -3.59. The molecule has 2 aromatic carbocycles. The van der Waals surface area contributed by atoms with Crippen molar-refractivity contribution >= 4 is 44.1 Å². The summed E-state index contributed by atoms with van der Waals surface area (Å²) < 4.78 is 120. The number of halogens is 3. The molecule has 4 rings (SSSR count). The molecule has 2 N–H and O–H groups in total. The fraction of sp³-hybridized carbons (Fsp3) is 0.130. The van der Waals surface area contributed by atoms with Crippen LogP contribution >= 0.6 is 11.6 Å². The number of nitrogens with one attached hydrogen (secondary N) is 2. The first-order valence-corrected chi connectivity index (χ1v) is 11.2. The van der Waals surface area contributed by atoms with Crippen LogP contribution in [0.2, 0.25) is 5.02 Å². The number of aromatic amines is 1. The molecule has 6 nitrogen and oxygen atoms in total. The first-order valence-electron chi connectivity index (χ1n) is 13.2. The van der Waals surface area contributed by atoms with E-state index in [1.54, 1.807) is 4.72 Å². The Hall–Kier alpha value is -3.30. The summed E-state index contributed by atoms with van der Waals surface area (Å²) in [4.78, 5) is 19.9. The second kappa shape index (κ2) is 8.92. The minimum Gasteiger partial charge on any atom is -0.345 e. The summed E-state index contributed by atoms with van der Waals surface area (Å²) in [6.45, 7) is -2.66. The van der Waals surface area contributed by atoms with E-state index in [0.29, 0.717) is 10.6 Å². The lowest BCUT2D eigenvalue weighted by Crippen LogP contribution is -2.18. The first-order chi connectivity index (χ1) is 18.9. The van der Waals surface area contributed by atoms with E-state index < -0.39 is 93.8 Å². The number of H-pyrrole nitrogens is 1. The van der Waals surface area contributed by atoms with Gasteiger partial charge in [0.2, 0.25) is 15.8 Å². The monoisotopic (exact) mass is 497 g/mol. The van der Waals surface area contributed by atoms with Crippen LogP contribution in [-0.4, -0.2) is 29.9 Å². The summed E-state index contributed by atoms with van der Waals surface area (Å²) in [6, 6.07) is 2.79. The fourth-order valence-electron chi connectivity index (χ4n) is 2.95. The maximum atomic E-state index is 15.6. The quantitative estimate of drug-likeness (QED) is 0.328. The lowest BCUT2D eigenvalue weighted by atomic mass is 10.00. The summed E-state index contributed by atoms with van der Waals surface area (Å²) >= 11 is 5.90. The van der Waals surface area contributed by atoms with Crippen LogP contribution < -0.4 is 4.72 Å². The summed E-state index contributed by atoms with van der Waals surface area (Å²) in [5.74, 6) is -6.31. The third kappa shape index (κ3) is 4.60. The van der Waals surface area contributed by atoms with Gasteiger partial charge in [-0.1, -0.05) is 30.6 Å². The standard InChI is InChI=1S/C23H18ClF2N3O3S/c1-2-9-33(31,32)29-19-8-7-18(25)20(21(19)26)22(30)17-12-28-23-16(17)10-14(11-27-23)13-3-5-15(24)6-4-13/h3-8,10-12,29H,2,9H2,1H3,(H,27,28)/i1D3,7D,8D,10D,11D,12D. The maximum absolute atomic E-state index is 15.6. The highest BCUT2D eigenvalue weighted by Crippen LogP contribution is 2.30. The van der Waals surface area contributed by atoms with E-state index in [1.807, 2.05) is 0 Å². The number of ketones is 1. The molecular weight excluding hydrogens is 472 g/mol. The van der Waals surface area contributed by atoms with Crippen molar-refractivity contribution in [1.82, 2.24) is 9.97 Å². The zero-order chi connectivity index (χ0) is 30.6. The minimum absolute atomic E-state index is 0.0893. The van der Waals surface area contributed by atoms with E-state index >= 15 is 8.78 Å². The Kier molecular flexibility index (Phi) is 3.99. The molecule has 0 unspecified atom stereocenters. The molecular formula is C23H18ClF2N3O3S. The Morgan fingerprint density at radius 1 is 1.24 bits per heavy atom. The molecule has 0 aliphatic carbocycles. The summed E-state index contributed by atoms with van der Waals surface area (Å²) in [5, 5.41) is -0.0207. The van der Waals surface area contributed by atoms with E-state index in [9.17, 15) is 13.2 Å². The lowest BCUT2D eigenvalue weighted by Gasteiger charge is -2.11. The molecule has 0 atom stereocenters. The molecule has 170 valence electrons. The van der Waals surface area contributed by atoms with E-state index in [2.05, 4.69) is 9.97 Å². The fourth-order valence-corrected chi connectivity index (χ4v) is 3.90. The topological polar surface area (TPSA) is 91.9 Å². The van der Waals surface area contributed by atoms with Gasteiger partial charge in [0.15, 0.2) is 5.82 Å². The van der Waals surface area contributed by atoms with E-state index in [4.69, 9.17) is 22.6 Å².